The maximum atomic E-state index is 13.4. The van der Waals surface area contributed by atoms with E-state index in [-0.39, 0.29) is 12.0 Å². The number of amides is 1. The molecule has 0 aromatic heterocycles. The summed E-state index contributed by atoms with van der Waals surface area (Å²) < 4.78 is 84.8. The van der Waals surface area contributed by atoms with Crippen LogP contribution in [0.4, 0.5) is 26.3 Å². The average Bonchev–Trinajstić information content (AvgIpc) is 3.32. The highest BCUT2D eigenvalue weighted by atomic mass is 19.4. The molecule has 4 atom stereocenters. The van der Waals surface area contributed by atoms with Crippen LogP contribution in [0.3, 0.4) is 0 Å². The van der Waals surface area contributed by atoms with Gasteiger partial charge in [0, 0.05) is 19.4 Å². The average molecular weight is 548 g/mol. The predicted molar refractivity (Wildman–Crippen MR) is 135 cm³/mol. The van der Waals surface area contributed by atoms with Crippen LogP contribution < -0.4 is 0 Å². The SMILES string of the molecule is CCC(CC1CCOCC1)C(C)[C@@H]1CC[C@@](C(=O)N=Cc2cc(C(F)(F)F)cc(C(F)(F)F)c2)(C(C)C)C1. The first-order valence-electron chi connectivity index (χ1n) is 13.6. The van der Waals surface area contributed by atoms with Crippen molar-refractivity contribution in [1.29, 1.82) is 0 Å². The van der Waals surface area contributed by atoms with Gasteiger partial charge < -0.3 is 4.74 Å². The van der Waals surface area contributed by atoms with Crippen LogP contribution in [0.15, 0.2) is 23.2 Å². The normalized spacial score (nSPS) is 25.3. The van der Waals surface area contributed by atoms with E-state index in [9.17, 15) is 31.1 Å². The first kappa shape index (κ1) is 30.6. The van der Waals surface area contributed by atoms with E-state index in [2.05, 4.69) is 18.8 Å². The molecule has 1 aliphatic heterocycles. The van der Waals surface area contributed by atoms with E-state index in [1.54, 1.807) is 0 Å². The molecular formula is C29H39F6NO2. The number of nitrogens with zero attached hydrogens (tertiary/aromatic N) is 1. The molecule has 214 valence electrons. The number of carbonyl (C=O) groups excluding carboxylic acids is 1. The van der Waals surface area contributed by atoms with Crippen molar-refractivity contribution in [2.24, 2.45) is 40.0 Å². The number of hydrogen-bond donors (Lipinski definition) is 0. The summed E-state index contributed by atoms with van der Waals surface area (Å²) in [6, 6.07) is 1.26. The maximum absolute atomic E-state index is 13.4. The Morgan fingerprint density at radius 2 is 1.61 bits per heavy atom. The van der Waals surface area contributed by atoms with Gasteiger partial charge in [0.2, 0.25) is 0 Å². The van der Waals surface area contributed by atoms with Crippen molar-refractivity contribution in [2.75, 3.05) is 13.2 Å². The molecule has 3 rings (SSSR count). The fourth-order valence-corrected chi connectivity index (χ4v) is 6.39. The minimum absolute atomic E-state index is 0.0628. The Hall–Kier alpha value is -1.90. The zero-order valence-electron chi connectivity index (χ0n) is 22.6. The van der Waals surface area contributed by atoms with Crippen molar-refractivity contribution >= 4 is 12.1 Å². The van der Waals surface area contributed by atoms with Crippen LogP contribution >= 0.6 is 0 Å². The molecule has 1 aromatic carbocycles. The van der Waals surface area contributed by atoms with Crippen molar-refractivity contribution in [3.8, 4) is 0 Å². The van der Waals surface area contributed by atoms with Gasteiger partial charge in [0.05, 0.1) is 16.5 Å². The lowest BCUT2D eigenvalue weighted by Crippen LogP contribution is -2.34. The molecule has 1 saturated carbocycles. The maximum Gasteiger partial charge on any atom is 0.416 e. The monoisotopic (exact) mass is 547 g/mol. The van der Waals surface area contributed by atoms with Gasteiger partial charge in [0.25, 0.3) is 5.91 Å². The van der Waals surface area contributed by atoms with Crippen molar-refractivity contribution in [2.45, 2.75) is 85.0 Å². The molecule has 0 radical (unpaired) electrons. The van der Waals surface area contributed by atoms with Gasteiger partial charge in [0.1, 0.15) is 0 Å². The van der Waals surface area contributed by atoms with Crippen molar-refractivity contribution in [3.63, 3.8) is 0 Å². The minimum atomic E-state index is -4.96. The van der Waals surface area contributed by atoms with Gasteiger partial charge in [-0.2, -0.15) is 26.3 Å². The number of rotatable bonds is 8. The molecular weight excluding hydrogens is 508 g/mol. The Balaban J connectivity index is 1.79. The summed E-state index contributed by atoms with van der Waals surface area (Å²) in [7, 11) is 0. The summed E-state index contributed by atoms with van der Waals surface area (Å²) in [5.74, 6) is 1.35. The quantitative estimate of drug-likeness (QED) is 0.242. The van der Waals surface area contributed by atoms with Crippen LogP contribution in [0.25, 0.3) is 0 Å². The number of halogens is 6. The molecule has 1 aromatic rings. The number of ether oxygens (including phenoxy) is 1. The lowest BCUT2D eigenvalue weighted by atomic mass is 9.71. The third kappa shape index (κ3) is 7.19. The van der Waals surface area contributed by atoms with Crippen molar-refractivity contribution < 1.29 is 35.9 Å². The molecule has 3 nitrogen and oxygen atoms in total. The molecule has 2 fully saturated rings. The van der Waals surface area contributed by atoms with Crippen LogP contribution in [-0.4, -0.2) is 25.3 Å². The molecule has 9 heteroatoms. The van der Waals surface area contributed by atoms with E-state index >= 15 is 0 Å². The van der Waals surface area contributed by atoms with Gasteiger partial charge >= 0.3 is 12.4 Å². The van der Waals surface area contributed by atoms with E-state index in [1.165, 1.54) is 0 Å². The Morgan fingerprint density at radius 1 is 1.03 bits per heavy atom. The van der Waals surface area contributed by atoms with E-state index in [0.29, 0.717) is 48.6 Å². The van der Waals surface area contributed by atoms with Gasteiger partial charge in [-0.3, -0.25) is 4.79 Å². The number of benzene rings is 1. The smallest absolute Gasteiger partial charge is 0.381 e. The highest BCUT2D eigenvalue weighted by Gasteiger charge is 2.49. The summed E-state index contributed by atoms with van der Waals surface area (Å²) in [5, 5.41) is 0. The molecule has 2 unspecified atom stereocenters. The van der Waals surface area contributed by atoms with Gasteiger partial charge in [-0.25, -0.2) is 4.99 Å². The van der Waals surface area contributed by atoms with Crippen LogP contribution in [0.1, 0.15) is 89.3 Å². The number of alkyl halides is 6. The van der Waals surface area contributed by atoms with Crippen LogP contribution in [0, 0.1) is 35.0 Å². The molecule has 0 bridgehead atoms. The lowest BCUT2D eigenvalue weighted by Gasteiger charge is -2.34. The Bertz CT molecular complexity index is 948. The van der Waals surface area contributed by atoms with Crippen LogP contribution in [0.5, 0.6) is 0 Å². The standard InChI is InChI=1S/C29H39F6NO2/c1-5-22(12-20-7-10-38-11-8-20)19(4)23-6-9-27(16-23,18(2)3)26(37)36-17-21-13-24(28(30,31)32)15-25(14-21)29(33,34)35/h13-15,17-20,22-23H,5-12,16H2,1-4H3/t19?,22?,23-,27+/m1/s1. The van der Waals surface area contributed by atoms with E-state index < -0.39 is 40.4 Å². The summed E-state index contributed by atoms with van der Waals surface area (Å²) in [4.78, 5) is 17.4. The van der Waals surface area contributed by atoms with Gasteiger partial charge in [0.15, 0.2) is 0 Å². The summed E-state index contributed by atoms with van der Waals surface area (Å²) in [6.07, 6.45) is -2.64. The summed E-state index contributed by atoms with van der Waals surface area (Å²) >= 11 is 0. The van der Waals surface area contributed by atoms with Gasteiger partial charge in [-0.15, -0.1) is 0 Å². The molecule has 1 aliphatic carbocycles. The van der Waals surface area contributed by atoms with Gasteiger partial charge in [-0.1, -0.05) is 34.1 Å². The second-order valence-electron chi connectivity index (χ2n) is 11.5. The molecule has 1 heterocycles. The van der Waals surface area contributed by atoms with E-state index in [4.69, 9.17) is 4.74 Å². The number of aliphatic imine (C=N–C) groups is 1. The van der Waals surface area contributed by atoms with Crippen LogP contribution in [0.2, 0.25) is 0 Å². The molecule has 38 heavy (non-hydrogen) atoms. The first-order valence-corrected chi connectivity index (χ1v) is 13.6. The minimum Gasteiger partial charge on any atom is -0.381 e. The molecule has 0 N–H and O–H groups in total. The lowest BCUT2D eigenvalue weighted by molar-refractivity contribution is -0.143. The largest absolute Gasteiger partial charge is 0.416 e. The second kappa shape index (κ2) is 12.1. The fourth-order valence-electron chi connectivity index (χ4n) is 6.39. The fraction of sp³-hybridized carbons (Fsp3) is 0.724. The van der Waals surface area contributed by atoms with Crippen molar-refractivity contribution in [3.05, 3.63) is 34.9 Å². The van der Waals surface area contributed by atoms with E-state index in [0.717, 1.165) is 51.5 Å². The third-order valence-corrected chi connectivity index (χ3v) is 9.05. The van der Waals surface area contributed by atoms with Crippen molar-refractivity contribution in [1.82, 2.24) is 0 Å². The summed E-state index contributed by atoms with van der Waals surface area (Å²) in [5.41, 5.74) is -4.03. The first-order chi connectivity index (χ1) is 17.7. The van der Waals surface area contributed by atoms with Crippen LogP contribution in [-0.2, 0) is 21.9 Å². The highest BCUT2D eigenvalue weighted by Crippen LogP contribution is 2.52. The molecule has 2 aliphatic rings. The Morgan fingerprint density at radius 3 is 2.11 bits per heavy atom. The Kier molecular flexibility index (Phi) is 9.75. The van der Waals surface area contributed by atoms with Gasteiger partial charge in [-0.05, 0) is 91.9 Å². The predicted octanol–water partition coefficient (Wildman–Crippen LogP) is 8.59. The zero-order valence-corrected chi connectivity index (χ0v) is 22.6. The highest BCUT2D eigenvalue weighted by molar-refractivity contribution is 5.95. The molecule has 1 saturated heterocycles. The number of carbonyl (C=O) groups is 1. The second-order valence-corrected chi connectivity index (χ2v) is 11.5. The summed E-state index contributed by atoms with van der Waals surface area (Å²) in [6.45, 7) is 9.93. The third-order valence-electron chi connectivity index (χ3n) is 9.05. The zero-order chi connectivity index (χ0) is 28.3. The topological polar surface area (TPSA) is 38.7 Å². The molecule has 1 amide bonds. The number of hydrogen-bond acceptors (Lipinski definition) is 2. The molecule has 0 spiro atoms. The van der Waals surface area contributed by atoms with E-state index in [1.807, 2.05) is 13.8 Å². The Labute approximate surface area is 221 Å².